The molecular weight excluding hydrogens is 203 g/mol. The highest BCUT2D eigenvalue weighted by molar-refractivity contribution is 5.76. The number of hydrogen-bond donors (Lipinski definition) is 0. The van der Waals surface area contributed by atoms with Crippen LogP contribution in [-0.4, -0.2) is 9.55 Å². The highest BCUT2D eigenvalue weighted by atomic mass is 19.1. The van der Waals surface area contributed by atoms with Crippen LogP contribution in [0, 0.1) is 5.82 Å². The minimum absolute atomic E-state index is 0.219. The maximum atomic E-state index is 13.1. The molecule has 0 atom stereocenters. The number of rotatable bonds is 3. The van der Waals surface area contributed by atoms with E-state index in [1.807, 2.05) is 6.07 Å². The largest absolute Gasteiger partial charge is 0.325 e. The van der Waals surface area contributed by atoms with Crippen LogP contribution in [0.4, 0.5) is 4.39 Å². The first-order valence-electron chi connectivity index (χ1n) is 5.80. The van der Waals surface area contributed by atoms with Crippen molar-refractivity contribution in [1.82, 2.24) is 9.55 Å². The second-order valence-electron chi connectivity index (χ2n) is 4.37. The maximum absolute atomic E-state index is 13.1. The Bertz CT molecular complexity index is 500. The topological polar surface area (TPSA) is 17.8 Å². The summed E-state index contributed by atoms with van der Waals surface area (Å²) in [4.78, 5) is 4.51. The predicted molar refractivity (Wildman–Crippen MR) is 64.1 cm³/mol. The van der Waals surface area contributed by atoms with Gasteiger partial charge in [0, 0.05) is 18.5 Å². The molecule has 0 unspecified atom stereocenters. The van der Waals surface area contributed by atoms with Gasteiger partial charge in [0.1, 0.15) is 11.6 Å². The van der Waals surface area contributed by atoms with Crippen molar-refractivity contribution in [3.63, 3.8) is 0 Å². The van der Waals surface area contributed by atoms with Crippen LogP contribution in [0.1, 0.15) is 39.1 Å². The standard InChI is InChI=1S/C13H17FN2/c1-4-5-13-15-11-8-10(14)6-7-12(11)16(13)9(2)3/h6-9H,4-5H2,1-3H3. The normalized spacial score (nSPS) is 11.6. The number of hydrogen-bond acceptors (Lipinski definition) is 1. The number of benzene rings is 1. The molecule has 0 fully saturated rings. The first kappa shape index (κ1) is 11.1. The second-order valence-corrected chi connectivity index (χ2v) is 4.37. The summed E-state index contributed by atoms with van der Waals surface area (Å²) in [6, 6.07) is 5.18. The van der Waals surface area contributed by atoms with Gasteiger partial charge in [0.05, 0.1) is 11.0 Å². The SMILES string of the molecule is CCCc1nc2cc(F)ccc2n1C(C)C. The Labute approximate surface area is 95.1 Å². The molecule has 0 aliphatic rings. The van der Waals surface area contributed by atoms with Gasteiger partial charge in [0.15, 0.2) is 0 Å². The van der Waals surface area contributed by atoms with Crippen molar-refractivity contribution in [3.8, 4) is 0 Å². The molecule has 1 heterocycles. The molecule has 2 aromatic rings. The van der Waals surface area contributed by atoms with Gasteiger partial charge in [-0.15, -0.1) is 0 Å². The highest BCUT2D eigenvalue weighted by Crippen LogP contribution is 2.22. The molecule has 0 spiro atoms. The number of halogens is 1. The minimum atomic E-state index is -0.219. The van der Waals surface area contributed by atoms with Gasteiger partial charge in [-0.05, 0) is 32.4 Å². The molecule has 0 aliphatic heterocycles. The Kier molecular flexibility index (Phi) is 2.95. The summed E-state index contributed by atoms with van der Waals surface area (Å²) in [5.41, 5.74) is 1.79. The van der Waals surface area contributed by atoms with E-state index in [2.05, 4.69) is 30.3 Å². The van der Waals surface area contributed by atoms with E-state index in [0.717, 1.165) is 29.7 Å². The Balaban J connectivity index is 2.65. The molecule has 1 aromatic heterocycles. The molecule has 2 rings (SSSR count). The fraction of sp³-hybridized carbons (Fsp3) is 0.462. The summed E-state index contributed by atoms with van der Waals surface area (Å²) >= 11 is 0. The number of fused-ring (bicyclic) bond motifs is 1. The average molecular weight is 220 g/mol. The zero-order valence-electron chi connectivity index (χ0n) is 10.00. The van der Waals surface area contributed by atoms with Gasteiger partial charge in [0.25, 0.3) is 0 Å². The molecule has 1 aromatic carbocycles. The van der Waals surface area contributed by atoms with E-state index in [0.29, 0.717) is 6.04 Å². The first-order valence-corrected chi connectivity index (χ1v) is 5.80. The molecule has 0 amide bonds. The van der Waals surface area contributed by atoms with Gasteiger partial charge in [-0.1, -0.05) is 6.92 Å². The summed E-state index contributed by atoms with van der Waals surface area (Å²) in [6.45, 7) is 6.39. The van der Waals surface area contributed by atoms with Gasteiger partial charge in [-0.3, -0.25) is 0 Å². The lowest BCUT2D eigenvalue weighted by Gasteiger charge is -2.12. The van der Waals surface area contributed by atoms with Gasteiger partial charge >= 0.3 is 0 Å². The molecule has 0 saturated heterocycles. The summed E-state index contributed by atoms with van der Waals surface area (Å²) in [7, 11) is 0. The van der Waals surface area contributed by atoms with Crippen molar-refractivity contribution in [2.45, 2.75) is 39.7 Å². The number of imidazole rings is 1. The van der Waals surface area contributed by atoms with Crippen molar-refractivity contribution >= 4 is 11.0 Å². The lowest BCUT2D eigenvalue weighted by Crippen LogP contribution is -2.05. The second kappa shape index (κ2) is 4.24. The summed E-state index contributed by atoms with van der Waals surface area (Å²) in [5.74, 6) is 0.835. The van der Waals surface area contributed by atoms with Crippen molar-refractivity contribution in [3.05, 3.63) is 29.8 Å². The van der Waals surface area contributed by atoms with E-state index < -0.39 is 0 Å². The lowest BCUT2D eigenvalue weighted by molar-refractivity contribution is 0.580. The minimum Gasteiger partial charge on any atom is -0.325 e. The van der Waals surface area contributed by atoms with Crippen LogP contribution in [0.2, 0.25) is 0 Å². The van der Waals surface area contributed by atoms with Crippen molar-refractivity contribution in [2.24, 2.45) is 0 Å². The van der Waals surface area contributed by atoms with Crippen molar-refractivity contribution < 1.29 is 4.39 Å². The third-order valence-electron chi connectivity index (χ3n) is 2.71. The van der Waals surface area contributed by atoms with E-state index in [4.69, 9.17) is 0 Å². The molecule has 0 saturated carbocycles. The zero-order valence-corrected chi connectivity index (χ0v) is 10.00. The smallest absolute Gasteiger partial charge is 0.125 e. The molecule has 0 radical (unpaired) electrons. The van der Waals surface area contributed by atoms with E-state index in [1.54, 1.807) is 0 Å². The summed E-state index contributed by atoms with van der Waals surface area (Å²) < 4.78 is 15.3. The Morgan fingerprint density at radius 3 is 2.75 bits per heavy atom. The van der Waals surface area contributed by atoms with Gasteiger partial charge in [-0.2, -0.15) is 0 Å². The fourth-order valence-corrected chi connectivity index (χ4v) is 2.10. The third-order valence-corrected chi connectivity index (χ3v) is 2.71. The van der Waals surface area contributed by atoms with E-state index in [-0.39, 0.29) is 5.82 Å². The van der Waals surface area contributed by atoms with E-state index >= 15 is 0 Å². The molecule has 0 N–H and O–H groups in total. The Morgan fingerprint density at radius 1 is 1.38 bits per heavy atom. The van der Waals surface area contributed by atoms with E-state index in [1.165, 1.54) is 12.1 Å². The lowest BCUT2D eigenvalue weighted by atomic mass is 10.2. The fourth-order valence-electron chi connectivity index (χ4n) is 2.10. The van der Waals surface area contributed by atoms with Crippen LogP contribution in [-0.2, 0) is 6.42 Å². The van der Waals surface area contributed by atoms with E-state index in [9.17, 15) is 4.39 Å². The van der Waals surface area contributed by atoms with Crippen LogP contribution >= 0.6 is 0 Å². The maximum Gasteiger partial charge on any atom is 0.125 e. The van der Waals surface area contributed by atoms with Gasteiger partial charge in [0.2, 0.25) is 0 Å². The summed E-state index contributed by atoms with van der Waals surface area (Å²) in [5, 5.41) is 0. The molecule has 2 nitrogen and oxygen atoms in total. The van der Waals surface area contributed by atoms with Crippen LogP contribution in [0.5, 0.6) is 0 Å². The average Bonchev–Trinajstić information content (AvgIpc) is 2.55. The monoisotopic (exact) mass is 220 g/mol. The molecule has 0 aliphatic carbocycles. The molecule has 0 bridgehead atoms. The first-order chi connectivity index (χ1) is 7.63. The Morgan fingerprint density at radius 2 is 2.12 bits per heavy atom. The zero-order chi connectivity index (χ0) is 11.7. The summed E-state index contributed by atoms with van der Waals surface area (Å²) in [6.07, 6.45) is 1.99. The highest BCUT2D eigenvalue weighted by Gasteiger charge is 2.12. The molecular formula is C13H17FN2. The van der Waals surface area contributed by atoms with Crippen molar-refractivity contribution in [1.29, 1.82) is 0 Å². The van der Waals surface area contributed by atoms with Crippen LogP contribution < -0.4 is 0 Å². The number of aryl methyl sites for hydroxylation is 1. The van der Waals surface area contributed by atoms with Gasteiger partial charge in [-0.25, -0.2) is 9.37 Å². The predicted octanol–water partition coefficient (Wildman–Crippen LogP) is 3.71. The quantitative estimate of drug-likeness (QED) is 0.771. The third kappa shape index (κ3) is 1.82. The number of nitrogens with zero attached hydrogens (tertiary/aromatic N) is 2. The van der Waals surface area contributed by atoms with Crippen LogP contribution in [0.25, 0.3) is 11.0 Å². The molecule has 86 valence electrons. The van der Waals surface area contributed by atoms with Gasteiger partial charge < -0.3 is 4.57 Å². The molecule has 16 heavy (non-hydrogen) atoms. The Hall–Kier alpha value is -1.38. The van der Waals surface area contributed by atoms with Crippen molar-refractivity contribution in [2.75, 3.05) is 0 Å². The number of aromatic nitrogens is 2. The molecule has 3 heteroatoms. The van der Waals surface area contributed by atoms with Crippen LogP contribution in [0.3, 0.4) is 0 Å². The van der Waals surface area contributed by atoms with Crippen LogP contribution in [0.15, 0.2) is 18.2 Å².